The Bertz CT molecular complexity index is 434. The zero-order valence-electron chi connectivity index (χ0n) is 17.3. The van der Waals surface area contributed by atoms with Gasteiger partial charge in [0.2, 0.25) is 0 Å². The van der Waals surface area contributed by atoms with Gasteiger partial charge >= 0.3 is 0 Å². The highest BCUT2D eigenvalue weighted by molar-refractivity contribution is 5.80. The summed E-state index contributed by atoms with van der Waals surface area (Å²) in [5, 5.41) is 3.67. The zero-order chi connectivity index (χ0) is 18.2. The smallest absolute Gasteiger partial charge is 0.193 e. The van der Waals surface area contributed by atoms with Gasteiger partial charge < -0.3 is 15.1 Å². The summed E-state index contributed by atoms with van der Waals surface area (Å²) in [4.78, 5) is 12.3. The van der Waals surface area contributed by atoms with Crippen LogP contribution in [0.2, 0.25) is 0 Å². The summed E-state index contributed by atoms with van der Waals surface area (Å²) in [5.74, 6) is 1.14. The Morgan fingerprint density at radius 1 is 0.885 bits per heavy atom. The molecule has 2 heterocycles. The van der Waals surface area contributed by atoms with E-state index in [9.17, 15) is 0 Å². The molecule has 0 bridgehead atoms. The van der Waals surface area contributed by atoms with Crippen molar-refractivity contribution in [3.05, 3.63) is 0 Å². The summed E-state index contributed by atoms with van der Waals surface area (Å²) < 4.78 is 0. The number of likely N-dealkylation sites (N-methyl/N-ethyl adjacent to an activating group) is 1. The highest BCUT2D eigenvalue weighted by Gasteiger charge is 2.36. The van der Waals surface area contributed by atoms with Gasteiger partial charge in [-0.2, -0.15) is 0 Å². The third-order valence-corrected chi connectivity index (χ3v) is 6.96. The fourth-order valence-electron chi connectivity index (χ4n) is 5.26. The van der Waals surface area contributed by atoms with Crippen LogP contribution in [0.25, 0.3) is 0 Å². The molecular formula is C21H41N5. The first-order valence-electron chi connectivity index (χ1n) is 11.1. The molecule has 0 aromatic carbocycles. The molecule has 1 saturated carbocycles. The van der Waals surface area contributed by atoms with E-state index >= 15 is 0 Å². The Morgan fingerprint density at radius 2 is 1.54 bits per heavy atom. The van der Waals surface area contributed by atoms with Gasteiger partial charge in [0, 0.05) is 59.4 Å². The van der Waals surface area contributed by atoms with Crippen molar-refractivity contribution >= 4 is 5.96 Å². The van der Waals surface area contributed by atoms with E-state index < -0.39 is 0 Å². The number of piperidine rings is 1. The van der Waals surface area contributed by atoms with Gasteiger partial charge in [-0.15, -0.1) is 0 Å². The van der Waals surface area contributed by atoms with E-state index in [0.29, 0.717) is 5.41 Å². The lowest BCUT2D eigenvalue weighted by Gasteiger charge is -2.44. The molecule has 0 radical (unpaired) electrons. The van der Waals surface area contributed by atoms with Gasteiger partial charge in [-0.1, -0.05) is 32.6 Å². The van der Waals surface area contributed by atoms with Crippen LogP contribution in [-0.2, 0) is 0 Å². The summed E-state index contributed by atoms with van der Waals surface area (Å²) in [6, 6.07) is 0. The summed E-state index contributed by atoms with van der Waals surface area (Å²) in [6.45, 7) is 12.9. The molecule has 0 unspecified atom stereocenters. The minimum atomic E-state index is 0.572. The second kappa shape index (κ2) is 9.93. The van der Waals surface area contributed by atoms with Crippen LogP contribution >= 0.6 is 0 Å². The average molecular weight is 364 g/mol. The molecule has 1 spiro atoms. The van der Waals surface area contributed by atoms with Crippen LogP contribution in [0.15, 0.2) is 4.99 Å². The maximum absolute atomic E-state index is 4.63. The monoisotopic (exact) mass is 363 g/mol. The fraction of sp³-hybridized carbons (Fsp3) is 0.952. The second-order valence-electron chi connectivity index (χ2n) is 8.69. The predicted molar refractivity (Wildman–Crippen MR) is 111 cm³/mol. The molecule has 3 rings (SSSR count). The zero-order valence-corrected chi connectivity index (χ0v) is 17.3. The Balaban J connectivity index is 1.44. The maximum atomic E-state index is 4.63. The molecule has 3 fully saturated rings. The molecule has 1 N–H and O–H groups in total. The van der Waals surface area contributed by atoms with E-state index in [1.54, 1.807) is 0 Å². The molecule has 2 aliphatic heterocycles. The predicted octanol–water partition coefficient (Wildman–Crippen LogP) is 2.64. The van der Waals surface area contributed by atoms with Crippen molar-refractivity contribution in [3.63, 3.8) is 0 Å². The Morgan fingerprint density at radius 3 is 2.19 bits per heavy atom. The van der Waals surface area contributed by atoms with E-state index in [0.717, 1.165) is 19.0 Å². The van der Waals surface area contributed by atoms with Gasteiger partial charge in [0.15, 0.2) is 5.96 Å². The van der Waals surface area contributed by atoms with E-state index in [1.807, 2.05) is 7.05 Å². The molecule has 0 amide bonds. The van der Waals surface area contributed by atoms with Crippen LogP contribution in [-0.4, -0.2) is 86.6 Å². The van der Waals surface area contributed by atoms with Crippen molar-refractivity contribution in [2.24, 2.45) is 10.4 Å². The van der Waals surface area contributed by atoms with Crippen LogP contribution in [0, 0.1) is 5.41 Å². The van der Waals surface area contributed by atoms with Gasteiger partial charge in [-0.3, -0.25) is 9.89 Å². The third-order valence-electron chi connectivity index (χ3n) is 6.96. The van der Waals surface area contributed by atoms with Crippen molar-refractivity contribution < 1.29 is 0 Å². The van der Waals surface area contributed by atoms with Crippen LogP contribution in [0.4, 0.5) is 0 Å². The van der Waals surface area contributed by atoms with Crippen molar-refractivity contribution in [3.8, 4) is 0 Å². The topological polar surface area (TPSA) is 34.1 Å². The molecule has 0 aromatic rings. The summed E-state index contributed by atoms with van der Waals surface area (Å²) >= 11 is 0. The van der Waals surface area contributed by atoms with Crippen molar-refractivity contribution in [1.29, 1.82) is 0 Å². The summed E-state index contributed by atoms with van der Waals surface area (Å²) in [5.41, 5.74) is 0.572. The molecule has 3 aliphatic rings. The van der Waals surface area contributed by atoms with Gasteiger partial charge in [0.25, 0.3) is 0 Å². The standard InChI is InChI=1S/C21H41N5/c1-3-24-15-17-25(18-16-24)14-12-23-20(22-2)26-13-8-11-21(19-26)9-6-4-5-7-10-21/h3-19H2,1-2H3,(H,22,23). The molecule has 2 saturated heterocycles. The first-order chi connectivity index (χ1) is 12.7. The lowest BCUT2D eigenvalue weighted by molar-refractivity contribution is 0.114. The van der Waals surface area contributed by atoms with Crippen LogP contribution in [0.5, 0.6) is 0 Å². The number of aliphatic imine (C=N–C) groups is 1. The average Bonchev–Trinajstić information content (AvgIpc) is 2.91. The summed E-state index contributed by atoms with van der Waals surface area (Å²) in [7, 11) is 1.96. The van der Waals surface area contributed by atoms with Gasteiger partial charge in [-0.05, 0) is 37.6 Å². The minimum Gasteiger partial charge on any atom is -0.355 e. The molecule has 5 heteroatoms. The number of piperazine rings is 1. The number of guanidine groups is 1. The van der Waals surface area contributed by atoms with Crippen molar-refractivity contribution in [2.75, 3.05) is 66.0 Å². The molecule has 26 heavy (non-hydrogen) atoms. The first-order valence-corrected chi connectivity index (χ1v) is 11.1. The number of hydrogen-bond donors (Lipinski definition) is 1. The normalized spacial score (nSPS) is 26.1. The van der Waals surface area contributed by atoms with Crippen LogP contribution < -0.4 is 5.32 Å². The first kappa shape index (κ1) is 19.9. The van der Waals surface area contributed by atoms with E-state index in [-0.39, 0.29) is 0 Å². The number of rotatable bonds is 4. The third kappa shape index (κ3) is 5.35. The molecule has 0 atom stereocenters. The van der Waals surface area contributed by atoms with E-state index in [4.69, 9.17) is 0 Å². The van der Waals surface area contributed by atoms with Crippen molar-refractivity contribution in [1.82, 2.24) is 20.0 Å². The second-order valence-corrected chi connectivity index (χ2v) is 8.69. The van der Waals surface area contributed by atoms with Gasteiger partial charge in [0.1, 0.15) is 0 Å². The molecule has 150 valence electrons. The fourth-order valence-corrected chi connectivity index (χ4v) is 5.26. The highest BCUT2D eigenvalue weighted by atomic mass is 15.3. The molecule has 0 aromatic heterocycles. The Labute approximate surface area is 161 Å². The Kier molecular flexibility index (Phi) is 7.62. The van der Waals surface area contributed by atoms with E-state index in [1.165, 1.54) is 97.2 Å². The SMILES string of the molecule is CCN1CCN(CCNC(=NC)N2CCCC3(CCCCCC3)C2)CC1. The number of likely N-dealkylation sites (tertiary alicyclic amines) is 1. The maximum Gasteiger partial charge on any atom is 0.193 e. The lowest BCUT2D eigenvalue weighted by Crippen LogP contribution is -2.52. The van der Waals surface area contributed by atoms with Gasteiger partial charge in [0.05, 0.1) is 0 Å². The largest absolute Gasteiger partial charge is 0.355 e. The van der Waals surface area contributed by atoms with E-state index in [2.05, 4.69) is 31.9 Å². The lowest BCUT2D eigenvalue weighted by atomic mass is 9.74. The van der Waals surface area contributed by atoms with Crippen LogP contribution in [0.3, 0.4) is 0 Å². The molecule has 1 aliphatic carbocycles. The minimum absolute atomic E-state index is 0.572. The van der Waals surface area contributed by atoms with Crippen molar-refractivity contribution in [2.45, 2.75) is 58.3 Å². The Hall–Kier alpha value is -0.810. The number of hydrogen-bond acceptors (Lipinski definition) is 3. The highest BCUT2D eigenvalue weighted by Crippen LogP contribution is 2.42. The number of nitrogens with zero attached hydrogens (tertiary/aromatic N) is 4. The summed E-state index contributed by atoms with van der Waals surface area (Å²) in [6.07, 6.45) is 11.4. The molecule has 5 nitrogen and oxygen atoms in total. The number of nitrogens with one attached hydrogen (secondary N) is 1. The molecular weight excluding hydrogens is 322 g/mol. The van der Waals surface area contributed by atoms with Crippen LogP contribution in [0.1, 0.15) is 58.3 Å². The van der Waals surface area contributed by atoms with Gasteiger partial charge in [-0.25, -0.2) is 0 Å². The quantitative estimate of drug-likeness (QED) is 0.615.